The highest BCUT2D eigenvalue weighted by Gasteiger charge is 2.32. The summed E-state index contributed by atoms with van der Waals surface area (Å²) in [5.74, 6) is 0. The van der Waals surface area contributed by atoms with Crippen molar-refractivity contribution in [3.63, 3.8) is 0 Å². The highest BCUT2D eigenvalue weighted by Crippen LogP contribution is 2.14. The van der Waals surface area contributed by atoms with Crippen molar-refractivity contribution in [1.29, 1.82) is 0 Å². The molecule has 0 fully saturated rings. The zero-order valence-electron chi connectivity index (χ0n) is 8.29. The number of rotatable bonds is 5. The van der Waals surface area contributed by atoms with Crippen molar-refractivity contribution in [3.05, 3.63) is 0 Å². The van der Waals surface area contributed by atoms with Gasteiger partial charge in [-0.3, -0.25) is 0 Å². The van der Waals surface area contributed by atoms with Gasteiger partial charge in [-0.15, -0.1) is 0 Å². The van der Waals surface area contributed by atoms with Crippen LogP contribution >= 0.6 is 0 Å². The maximum absolute atomic E-state index is 9.62. The third kappa shape index (κ3) is 4.37. The fraction of sp³-hybridized carbons (Fsp3) is 1.00. The second-order valence-electron chi connectivity index (χ2n) is 3.64. The largest absolute Gasteiger partial charge is 0.454 e. The summed E-state index contributed by atoms with van der Waals surface area (Å²) in [4.78, 5) is 0. The average Bonchev–Trinajstić information content (AvgIpc) is 1.85. The Bertz CT molecular complexity index is 128. The minimum atomic E-state index is -1.95. The second-order valence-corrected chi connectivity index (χ2v) is 10.1. The predicted molar refractivity (Wildman–Crippen MR) is 53.8 cm³/mol. The van der Waals surface area contributed by atoms with Crippen LogP contribution in [0, 0.1) is 0 Å². The molecule has 0 saturated carbocycles. The van der Waals surface area contributed by atoms with Gasteiger partial charge in [0.1, 0.15) is 0 Å². The van der Waals surface area contributed by atoms with E-state index in [1.54, 1.807) is 0 Å². The van der Waals surface area contributed by atoms with E-state index in [-0.39, 0.29) is 6.61 Å². The van der Waals surface area contributed by atoms with Crippen molar-refractivity contribution in [2.75, 3.05) is 6.61 Å². The first-order valence-electron chi connectivity index (χ1n) is 4.18. The van der Waals surface area contributed by atoms with Gasteiger partial charge >= 0.3 is 0 Å². The van der Waals surface area contributed by atoms with E-state index in [4.69, 9.17) is 9.22 Å². The smallest absolute Gasteiger partial charge is 0.202 e. The van der Waals surface area contributed by atoms with E-state index >= 15 is 0 Å². The van der Waals surface area contributed by atoms with Gasteiger partial charge < -0.3 is 14.3 Å². The third-order valence-corrected chi connectivity index (χ3v) is 7.30. The Morgan fingerprint density at radius 1 is 1.42 bits per heavy atom. The normalized spacial score (nSPS) is 15.2. The Hall–Kier alpha value is 0.314. The van der Waals surface area contributed by atoms with E-state index in [1.807, 2.05) is 13.1 Å². The van der Waals surface area contributed by atoms with Gasteiger partial charge in [0.25, 0.3) is 0 Å². The van der Waals surface area contributed by atoms with Crippen LogP contribution in [-0.4, -0.2) is 39.9 Å². The average molecular weight is 207 g/mol. The van der Waals surface area contributed by atoms with Crippen molar-refractivity contribution >= 4 is 17.4 Å². The lowest BCUT2D eigenvalue weighted by Gasteiger charge is -2.29. The first-order valence-corrected chi connectivity index (χ1v) is 9.57. The van der Waals surface area contributed by atoms with Crippen LogP contribution < -0.4 is 0 Å². The molecular weight excluding hydrogens is 188 g/mol. The molecule has 3 nitrogen and oxygen atoms in total. The molecule has 0 saturated heterocycles. The molecule has 0 amide bonds. The number of hydrogen-bond donors (Lipinski definition) is 2. The summed E-state index contributed by atoms with van der Waals surface area (Å²) in [7, 11) is -2.68. The number of hydrogen-bond acceptors (Lipinski definition) is 3. The molecule has 0 spiro atoms. The molecule has 2 N–H and O–H groups in total. The van der Waals surface area contributed by atoms with Gasteiger partial charge in [-0.2, -0.15) is 0 Å². The molecule has 1 unspecified atom stereocenters. The van der Waals surface area contributed by atoms with Gasteiger partial charge in [-0.05, 0) is 32.6 Å². The molecule has 0 aliphatic heterocycles. The van der Waals surface area contributed by atoms with E-state index < -0.39 is 23.1 Å². The van der Waals surface area contributed by atoms with Gasteiger partial charge in [0.05, 0.1) is 5.73 Å². The fourth-order valence-corrected chi connectivity index (χ4v) is 6.64. The molecule has 12 heavy (non-hydrogen) atoms. The molecule has 0 aromatic rings. The summed E-state index contributed by atoms with van der Waals surface area (Å²) in [5, 5.41) is 18.3. The van der Waals surface area contributed by atoms with Gasteiger partial charge in [0.2, 0.25) is 8.32 Å². The summed E-state index contributed by atoms with van der Waals surface area (Å²) in [6, 6.07) is 0. The molecule has 73 valence electrons. The van der Waals surface area contributed by atoms with Gasteiger partial charge in [0.15, 0.2) is 9.04 Å². The van der Waals surface area contributed by atoms with Gasteiger partial charge in [-0.25, -0.2) is 0 Å². The standard InChI is InChI=1S/C7H19O3Si2/c1-11(2)10-12(3,4)7(9)5-6-8/h7-9H,5-6H2,1-4H3. The number of aliphatic hydroxyl groups excluding tert-OH is 2. The molecule has 1 atom stereocenters. The van der Waals surface area contributed by atoms with Crippen LogP contribution in [-0.2, 0) is 4.12 Å². The van der Waals surface area contributed by atoms with Crippen LogP contribution in [0.3, 0.4) is 0 Å². The van der Waals surface area contributed by atoms with Crippen molar-refractivity contribution < 1.29 is 14.3 Å². The maximum atomic E-state index is 9.62. The van der Waals surface area contributed by atoms with Crippen LogP contribution in [0.4, 0.5) is 0 Å². The van der Waals surface area contributed by atoms with Gasteiger partial charge in [0, 0.05) is 6.61 Å². The minimum absolute atomic E-state index is 0.0382. The van der Waals surface area contributed by atoms with Crippen LogP contribution in [0.25, 0.3) is 0 Å². The molecule has 0 aromatic carbocycles. The van der Waals surface area contributed by atoms with Crippen molar-refractivity contribution in [2.45, 2.75) is 38.3 Å². The zero-order valence-corrected chi connectivity index (χ0v) is 10.3. The highest BCUT2D eigenvalue weighted by molar-refractivity contribution is 6.78. The summed E-state index contributed by atoms with van der Waals surface area (Å²) in [6.45, 7) is 8.14. The number of aliphatic hydroxyl groups is 2. The van der Waals surface area contributed by atoms with Crippen LogP contribution in [0.2, 0.25) is 26.2 Å². The molecule has 1 radical (unpaired) electrons. The molecule has 0 aliphatic carbocycles. The Kier molecular flexibility index (Phi) is 5.27. The summed E-state index contributed by atoms with van der Waals surface area (Å²) >= 11 is 0. The Balaban J connectivity index is 3.99. The Labute approximate surface area is 77.2 Å². The molecule has 0 rings (SSSR count). The SMILES string of the molecule is C[Si](C)O[Si](C)(C)C(O)CCO. The first-order chi connectivity index (χ1) is 5.40. The summed E-state index contributed by atoms with van der Waals surface area (Å²) in [6.07, 6.45) is 0.439. The van der Waals surface area contributed by atoms with E-state index in [9.17, 15) is 5.11 Å². The van der Waals surface area contributed by atoms with Crippen LogP contribution in [0.5, 0.6) is 0 Å². The summed E-state index contributed by atoms with van der Waals surface area (Å²) in [5.41, 5.74) is -0.442. The molecular formula is C7H19O3Si2. The Morgan fingerprint density at radius 3 is 2.25 bits per heavy atom. The Morgan fingerprint density at radius 2 is 1.92 bits per heavy atom. The summed E-state index contributed by atoms with van der Waals surface area (Å²) < 4.78 is 5.73. The first kappa shape index (κ1) is 12.3. The van der Waals surface area contributed by atoms with Crippen LogP contribution in [0.1, 0.15) is 6.42 Å². The molecule has 5 heteroatoms. The van der Waals surface area contributed by atoms with Crippen molar-refractivity contribution in [1.82, 2.24) is 0 Å². The third-order valence-electron chi connectivity index (χ3n) is 1.67. The molecule has 0 aromatic heterocycles. The molecule has 0 heterocycles. The lowest BCUT2D eigenvalue weighted by atomic mass is 10.5. The lowest BCUT2D eigenvalue weighted by Crippen LogP contribution is -2.47. The zero-order chi connectivity index (χ0) is 9.78. The highest BCUT2D eigenvalue weighted by atomic mass is 28.4. The van der Waals surface area contributed by atoms with E-state index in [1.165, 1.54) is 0 Å². The maximum Gasteiger partial charge on any atom is 0.202 e. The molecule has 0 bridgehead atoms. The van der Waals surface area contributed by atoms with E-state index in [0.717, 1.165) is 0 Å². The quantitative estimate of drug-likeness (QED) is 0.654. The lowest BCUT2D eigenvalue weighted by molar-refractivity contribution is 0.173. The van der Waals surface area contributed by atoms with E-state index in [0.29, 0.717) is 6.42 Å². The topological polar surface area (TPSA) is 49.7 Å². The van der Waals surface area contributed by atoms with Gasteiger partial charge in [-0.1, -0.05) is 0 Å². The monoisotopic (exact) mass is 207 g/mol. The fourth-order valence-electron chi connectivity index (χ4n) is 1.06. The minimum Gasteiger partial charge on any atom is -0.454 e. The van der Waals surface area contributed by atoms with Crippen LogP contribution in [0.15, 0.2) is 0 Å². The second kappa shape index (κ2) is 5.13. The predicted octanol–water partition coefficient (Wildman–Crippen LogP) is 0.742. The van der Waals surface area contributed by atoms with E-state index in [2.05, 4.69) is 13.1 Å². The molecule has 0 aliphatic rings. The van der Waals surface area contributed by atoms with Crippen molar-refractivity contribution in [2.24, 2.45) is 0 Å². The van der Waals surface area contributed by atoms with Crippen molar-refractivity contribution in [3.8, 4) is 0 Å².